The van der Waals surface area contributed by atoms with E-state index in [1.165, 1.54) is 70.6 Å². The van der Waals surface area contributed by atoms with Crippen LogP contribution in [0.4, 0.5) is 0 Å². The Morgan fingerprint density at radius 1 is 1.00 bits per heavy atom. The molecule has 2 nitrogen and oxygen atoms in total. The van der Waals surface area contributed by atoms with Crippen LogP contribution in [-0.4, -0.2) is 5.91 Å². The van der Waals surface area contributed by atoms with Crippen molar-refractivity contribution in [3.05, 3.63) is 0 Å². The fourth-order valence-corrected chi connectivity index (χ4v) is 8.48. The summed E-state index contributed by atoms with van der Waals surface area (Å²) in [4.78, 5) is 12.2. The molecule has 0 spiro atoms. The normalized spacial score (nSPS) is 48.6. The van der Waals surface area contributed by atoms with Crippen molar-refractivity contribution in [3.8, 4) is 0 Å². The van der Waals surface area contributed by atoms with Gasteiger partial charge in [-0.05, 0) is 92.3 Å². The third-order valence-corrected chi connectivity index (χ3v) is 9.36. The number of amides is 1. The summed E-state index contributed by atoms with van der Waals surface area (Å²) in [6.07, 6.45) is 16.2. The van der Waals surface area contributed by atoms with E-state index in [1.807, 2.05) is 0 Å². The molecule has 4 fully saturated rings. The number of carbonyl (C=O) groups is 1. The fraction of sp³-hybridized carbons (Fsp3) is 0.955. The summed E-state index contributed by atoms with van der Waals surface area (Å²) in [7, 11) is 0. The van der Waals surface area contributed by atoms with E-state index in [4.69, 9.17) is 5.73 Å². The molecule has 0 aromatic carbocycles. The predicted octanol–water partition coefficient (Wildman–Crippen LogP) is 5.72. The van der Waals surface area contributed by atoms with Crippen LogP contribution >= 0.6 is 12.4 Å². The van der Waals surface area contributed by atoms with E-state index in [1.54, 1.807) is 0 Å². The van der Waals surface area contributed by atoms with Gasteiger partial charge in [-0.1, -0.05) is 33.1 Å². The molecule has 144 valence electrons. The van der Waals surface area contributed by atoms with Gasteiger partial charge in [0, 0.05) is 5.92 Å². The van der Waals surface area contributed by atoms with E-state index in [0.29, 0.717) is 5.41 Å². The Morgan fingerprint density at radius 2 is 1.80 bits per heavy atom. The zero-order chi connectivity index (χ0) is 16.9. The van der Waals surface area contributed by atoms with Gasteiger partial charge in [0.1, 0.15) is 0 Å². The van der Waals surface area contributed by atoms with Crippen molar-refractivity contribution in [1.82, 2.24) is 0 Å². The molecule has 0 saturated heterocycles. The van der Waals surface area contributed by atoms with Crippen molar-refractivity contribution < 1.29 is 4.79 Å². The van der Waals surface area contributed by atoms with Crippen LogP contribution in [0.1, 0.15) is 90.9 Å². The summed E-state index contributed by atoms with van der Waals surface area (Å²) in [5.74, 6) is 3.75. The molecule has 4 aliphatic carbocycles. The van der Waals surface area contributed by atoms with E-state index < -0.39 is 0 Å². The van der Waals surface area contributed by atoms with Crippen molar-refractivity contribution in [1.29, 1.82) is 0 Å². The van der Waals surface area contributed by atoms with Crippen LogP contribution in [-0.2, 0) is 4.79 Å². The molecular formula is C22H38ClNO. The first-order valence-corrected chi connectivity index (χ1v) is 10.8. The Bertz CT molecular complexity index is 508. The smallest absolute Gasteiger partial charge is 0.221 e. The van der Waals surface area contributed by atoms with Crippen LogP contribution in [0.2, 0.25) is 0 Å². The van der Waals surface area contributed by atoms with Gasteiger partial charge >= 0.3 is 0 Å². The SMILES string of the molecule is CCC[C@]12CC[C@H]3[C@@H](CCC4CCCC[C@@]43C)[C@@H]1CCC2C(N)=O.Cl. The Balaban J connectivity index is 0.00000182. The lowest BCUT2D eigenvalue weighted by atomic mass is 9.44. The van der Waals surface area contributed by atoms with E-state index in [0.717, 1.165) is 30.1 Å². The third kappa shape index (κ3) is 2.77. The highest BCUT2D eigenvalue weighted by Gasteiger charge is 2.61. The molecule has 3 heteroatoms. The zero-order valence-electron chi connectivity index (χ0n) is 16.3. The molecule has 4 aliphatic rings. The van der Waals surface area contributed by atoms with Crippen molar-refractivity contribution in [3.63, 3.8) is 0 Å². The minimum atomic E-state index is 0. The molecule has 4 rings (SSSR count). The molecule has 0 aliphatic heterocycles. The molecule has 0 aromatic heterocycles. The molecule has 2 unspecified atom stereocenters. The number of primary amides is 1. The molecule has 0 radical (unpaired) electrons. The molecule has 1 amide bonds. The highest BCUT2D eigenvalue weighted by atomic mass is 35.5. The molecule has 0 bridgehead atoms. The van der Waals surface area contributed by atoms with Crippen molar-refractivity contribution in [2.45, 2.75) is 90.9 Å². The maximum atomic E-state index is 12.2. The van der Waals surface area contributed by atoms with Gasteiger partial charge in [-0.3, -0.25) is 4.79 Å². The maximum absolute atomic E-state index is 12.2. The number of hydrogen-bond acceptors (Lipinski definition) is 1. The summed E-state index contributed by atoms with van der Waals surface area (Å²) in [6.45, 7) is 4.94. The second-order valence-corrected chi connectivity index (χ2v) is 9.96. The fourth-order valence-electron chi connectivity index (χ4n) is 8.48. The highest BCUT2D eigenvalue weighted by molar-refractivity contribution is 5.85. The molecule has 0 aromatic rings. The summed E-state index contributed by atoms with van der Waals surface area (Å²) in [5, 5.41) is 0. The summed E-state index contributed by atoms with van der Waals surface area (Å²) in [6, 6.07) is 0. The van der Waals surface area contributed by atoms with Crippen LogP contribution in [0.15, 0.2) is 0 Å². The standard InChI is InChI=1S/C22H37NO.ClH/c1-3-12-22-14-11-17-16(18(22)9-10-19(22)20(23)24)8-7-15-6-4-5-13-21(15,17)2;/h15-19H,3-14H2,1-2H3,(H2,23,24);1H/t15?,16-,17+,18+,19?,21+,22+;/m1./s1. The topological polar surface area (TPSA) is 43.1 Å². The lowest BCUT2D eigenvalue weighted by Gasteiger charge is -2.61. The highest BCUT2D eigenvalue weighted by Crippen LogP contribution is 2.68. The number of halogens is 1. The third-order valence-electron chi connectivity index (χ3n) is 9.36. The monoisotopic (exact) mass is 367 g/mol. The van der Waals surface area contributed by atoms with Gasteiger partial charge in [0.05, 0.1) is 0 Å². The number of rotatable bonds is 3. The second kappa shape index (κ2) is 7.06. The van der Waals surface area contributed by atoms with Crippen LogP contribution in [0.3, 0.4) is 0 Å². The van der Waals surface area contributed by atoms with E-state index in [9.17, 15) is 4.79 Å². The van der Waals surface area contributed by atoms with Crippen molar-refractivity contribution in [2.75, 3.05) is 0 Å². The van der Waals surface area contributed by atoms with Gasteiger partial charge in [-0.25, -0.2) is 0 Å². The molecular weight excluding hydrogens is 330 g/mol. The lowest BCUT2D eigenvalue weighted by Crippen LogP contribution is -2.54. The van der Waals surface area contributed by atoms with Gasteiger partial charge in [-0.15, -0.1) is 12.4 Å². The zero-order valence-corrected chi connectivity index (χ0v) is 17.1. The number of hydrogen-bond donors (Lipinski definition) is 1. The van der Waals surface area contributed by atoms with Gasteiger partial charge in [-0.2, -0.15) is 0 Å². The van der Waals surface area contributed by atoms with Crippen LogP contribution in [0, 0.1) is 40.4 Å². The van der Waals surface area contributed by atoms with Crippen molar-refractivity contribution >= 4 is 18.3 Å². The number of carbonyl (C=O) groups excluding carboxylic acids is 1. The van der Waals surface area contributed by atoms with E-state index in [-0.39, 0.29) is 29.6 Å². The van der Waals surface area contributed by atoms with Gasteiger partial charge < -0.3 is 5.73 Å². The Hall–Kier alpha value is -0.240. The van der Waals surface area contributed by atoms with E-state index in [2.05, 4.69) is 13.8 Å². The average molecular weight is 368 g/mol. The van der Waals surface area contributed by atoms with Gasteiger partial charge in [0.25, 0.3) is 0 Å². The van der Waals surface area contributed by atoms with Crippen LogP contribution < -0.4 is 5.73 Å². The minimum absolute atomic E-state index is 0. The number of fused-ring (bicyclic) bond motifs is 5. The first-order chi connectivity index (χ1) is 11.5. The lowest BCUT2D eigenvalue weighted by molar-refractivity contribution is -0.138. The molecule has 7 atom stereocenters. The van der Waals surface area contributed by atoms with Crippen molar-refractivity contribution in [2.24, 2.45) is 46.2 Å². The largest absolute Gasteiger partial charge is 0.369 e. The van der Waals surface area contributed by atoms with Crippen LogP contribution in [0.25, 0.3) is 0 Å². The Kier molecular flexibility index (Phi) is 5.51. The van der Waals surface area contributed by atoms with E-state index >= 15 is 0 Å². The summed E-state index contributed by atoms with van der Waals surface area (Å²) in [5.41, 5.74) is 6.75. The number of nitrogens with two attached hydrogens (primary N) is 1. The van der Waals surface area contributed by atoms with Crippen LogP contribution in [0.5, 0.6) is 0 Å². The molecule has 2 N–H and O–H groups in total. The first-order valence-electron chi connectivity index (χ1n) is 10.8. The quantitative estimate of drug-likeness (QED) is 0.680. The second-order valence-electron chi connectivity index (χ2n) is 9.96. The Morgan fingerprint density at radius 3 is 2.52 bits per heavy atom. The average Bonchev–Trinajstić information content (AvgIpc) is 2.94. The minimum Gasteiger partial charge on any atom is -0.369 e. The Labute approximate surface area is 160 Å². The molecule has 0 heterocycles. The van der Waals surface area contributed by atoms with Gasteiger partial charge in [0.15, 0.2) is 0 Å². The predicted molar refractivity (Wildman–Crippen MR) is 106 cm³/mol. The summed E-state index contributed by atoms with van der Waals surface area (Å²) < 4.78 is 0. The first kappa shape index (κ1) is 19.5. The molecule has 4 saturated carbocycles. The summed E-state index contributed by atoms with van der Waals surface area (Å²) >= 11 is 0. The molecule has 25 heavy (non-hydrogen) atoms. The van der Waals surface area contributed by atoms with Gasteiger partial charge in [0.2, 0.25) is 5.91 Å². The maximum Gasteiger partial charge on any atom is 0.221 e.